The minimum absolute atomic E-state index is 0.228. The second kappa shape index (κ2) is 5.05. The Balaban J connectivity index is 2.14. The van der Waals surface area contributed by atoms with Crippen LogP contribution in [0.25, 0.3) is 0 Å². The van der Waals surface area contributed by atoms with E-state index in [2.05, 4.69) is 0 Å². The van der Waals surface area contributed by atoms with Gasteiger partial charge in [0.1, 0.15) is 0 Å². The highest BCUT2D eigenvalue weighted by Gasteiger charge is 2.31. The molecule has 1 aromatic carbocycles. The zero-order valence-electron chi connectivity index (χ0n) is 10.3. The van der Waals surface area contributed by atoms with E-state index in [9.17, 15) is 9.50 Å². The van der Waals surface area contributed by atoms with Crippen LogP contribution in [-0.2, 0) is 6.42 Å². The van der Waals surface area contributed by atoms with Gasteiger partial charge in [-0.15, -0.1) is 0 Å². The SMILES string of the molecule is COc1cccc(CC2CCC(O)C2C)c1F. The third-order valence-electron chi connectivity index (χ3n) is 3.93. The molecule has 0 aromatic heterocycles. The quantitative estimate of drug-likeness (QED) is 0.877. The average Bonchev–Trinajstić information content (AvgIpc) is 2.64. The zero-order chi connectivity index (χ0) is 12.4. The highest BCUT2D eigenvalue weighted by Crippen LogP contribution is 2.35. The van der Waals surface area contributed by atoms with Crippen molar-refractivity contribution in [2.45, 2.75) is 32.3 Å². The number of rotatable bonds is 3. The Morgan fingerprint density at radius 2 is 2.18 bits per heavy atom. The molecular formula is C14H19FO2. The summed E-state index contributed by atoms with van der Waals surface area (Å²) in [5, 5.41) is 9.70. The second-order valence-electron chi connectivity index (χ2n) is 4.90. The summed E-state index contributed by atoms with van der Waals surface area (Å²) in [4.78, 5) is 0. The lowest BCUT2D eigenvalue weighted by atomic mass is 9.90. The van der Waals surface area contributed by atoms with E-state index in [-0.39, 0.29) is 17.8 Å². The maximum Gasteiger partial charge on any atom is 0.168 e. The molecule has 3 unspecified atom stereocenters. The van der Waals surface area contributed by atoms with Gasteiger partial charge in [0.2, 0.25) is 0 Å². The first-order chi connectivity index (χ1) is 8.13. The van der Waals surface area contributed by atoms with Gasteiger partial charge in [0.05, 0.1) is 13.2 Å². The molecule has 2 nitrogen and oxygen atoms in total. The molecular weight excluding hydrogens is 219 g/mol. The van der Waals surface area contributed by atoms with E-state index in [4.69, 9.17) is 4.74 Å². The summed E-state index contributed by atoms with van der Waals surface area (Å²) < 4.78 is 18.9. The number of ether oxygens (including phenoxy) is 1. The maximum absolute atomic E-state index is 14.0. The first-order valence-corrected chi connectivity index (χ1v) is 6.13. The van der Waals surface area contributed by atoms with Gasteiger partial charge in [0.15, 0.2) is 11.6 Å². The van der Waals surface area contributed by atoms with Crippen molar-refractivity contribution < 1.29 is 14.2 Å². The van der Waals surface area contributed by atoms with Gasteiger partial charge in [-0.1, -0.05) is 19.1 Å². The molecule has 0 saturated heterocycles. The van der Waals surface area contributed by atoms with Crippen LogP contribution in [0.3, 0.4) is 0 Å². The van der Waals surface area contributed by atoms with E-state index in [1.807, 2.05) is 13.0 Å². The van der Waals surface area contributed by atoms with Crippen LogP contribution >= 0.6 is 0 Å². The standard InChI is InChI=1S/C14H19FO2/c1-9-10(6-7-12(9)16)8-11-4-3-5-13(17-2)14(11)15/h3-5,9-10,12,16H,6-8H2,1-2H3. The number of hydrogen-bond donors (Lipinski definition) is 1. The largest absolute Gasteiger partial charge is 0.494 e. The number of aliphatic hydroxyl groups is 1. The molecule has 1 aromatic rings. The third kappa shape index (κ3) is 2.44. The van der Waals surface area contributed by atoms with E-state index in [0.29, 0.717) is 23.7 Å². The van der Waals surface area contributed by atoms with Gasteiger partial charge < -0.3 is 9.84 Å². The predicted molar refractivity (Wildman–Crippen MR) is 64.6 cm³/mol. The first kappa shape index (κ1) is 12.4. The van der Waals surface area contributed by atoms with Crippen LogP contribution in [0, 0.1) is 17.7 Å². The lowest BCUT2D eigenvalue weighted by molar-refractivity contribution is 0.127. The van der Waals surface area contributed by atoms with Crippen LogP contribution in [0.15, 0.2) is 18.2 Å². The summed E-state index contributed by atoms with van der Waals surface area (Å²) in [7, 11) is 1.48. The van der Waals surface area contributed by atoms with Crippen LogP contribution in [0.1, 0.15) is 25.3 Å². The molecule has 0 heterocycles. The van der Waals surface area contributed by atoms with Crippen molar-refractivity contribution >= 4 is 0 Å². The maximum atomic E-state index is 14.0. The molecule has 0 radical (unpaired) electrons. The molecule has 0 bridgehead atoms. The molecule has 3 heteroatoms. The fraction of sp³-hybridized carbons (Fsp3) is 0.571. The Labute approximate surface area is 101 Å². The van der Waals surface area contributed by atoms with E-state index in [0.717, 1.165) is 12.8 Å². The van der Waals surface area contributed by atoms with Crippen molar-refractivity contribution in [3.8, 4) is 5.75 Å². The van der Waals surface area contributed by atoms with Crippen molar-refractivity contribution in [1.82, 2.24) is 0 Å². The van der Waals surface area contributed by atoms with Gasteiger partial charge in [0, 0.05) is 0 Å². The summed E-state index contributed by atoms with van der Waals surface area (Å²) in [6.07, 6.45) is 2.26. The van der Waals surface area contributed by atoms with Crippen LogP contribution in [0.2, 0.25) is 0 Å². The van der Waals surface area contributed by atoms with Crippen molar-refractivity contribution in [3.63, 3.8) is 0 Å². The average molecular weight is 238 g/mol. The van der Waals surface area contributed by atoms with Crippen LogP contribution in [0.4, 0.5) is 4.39 Å². The molecule has 0 spiro atoms. The summed E-state index contributed by atoms with van der Waals surface area (Å²) in [6, 6.07) is 5.24. The molecule has 2 rings (SSSR count). The second-order valence-corrected chi connectivity index (χ2v) is 4.90. The fourth-order valence-electron chi connectivity index (χ4n) is 2.67. The van der Waals surface area contributed by atoms with Crippen LogP contribution < -0.4 is 4.74 Å². The van der Waals surface area contributed by atoms with E-state index >= 15 is 0 Å². The summed E-state index contributed by atoms with van der Waals surface area (Å²) in [5.41, 5.74) is 0.690. The van der Waals surface area contributed by atoms with Gasteiger partial charge in [-0.05, 0) is 42.7 Å². The molecule has 1 aliphatic carbocycles. The molecule has 1 saturated carbocycles. The monoisotopic (exact) mass is 238 g/mol. The topological polar surface area (TPSA) is 29.5 Å². The Morgan fingerprint density at radius 3 is 2.76 bits per heavy atom. The lowest BCUT2D eigenvalue weighted by Crippen LogP contribution is -2.17. The van der Waals surface area contributed by atoms with Gasteiger partial charge in [-0.3, -0.25) is 0 Å². The van der Waals surface area contributed by atoms with Crippen LogP contribution in [-0.4, -0.2) is 18.3 Å². The lowest BCUT2D eigenvalue weighted by Gasteiger charge is -2.18. The third-order valence-corrected chi connectivity index (χ3v) is 3.93. The van der Waals surface area contributed by atoms with Gasteiger partial charge in [-0.25, -0.2) is 4.39 Å². The van der Waals surface area contributed by atoms with Crippen molar-refractivity contribution in [2.75, 3.05) is 7.11 Å². The van der Waals surface area contributed by atoms with E-state index in [1.54, 1.807) is 12.1 Å². The highest BCUT2D eigenvalue weighted by molar-refractivity contribution is 5.31. The number of halogens is 1. The molecule has 3 atom stereocenters. The molecule has 1 N–H and O–H groups in total. The first-order valence-electron chi connectivity index (χ1n) is 6.13. The molecule has 1 aliphatic rings. The number of methoxy groups -OCH3 is 1. The Hall–Kier alpha value is -1.09. The molecule has 0 amide bonds. The fourth-order valence-corrected chi connectivity index (χ4v) is 2.67. The van der Waals surface area contributed by atoms with E-state index in [1.165, 1.54) is 7.11 Å². The summed E-state index contributed by atoms with van der Waals surface area (Å²) >= 11 is 0. The summed E-state index contributed by atoms with van der Waals surface area (Å²) in [5.74, 6) is 0.657. The predicted octanol–water partition coefficient (Wildman–Crippen LogP) is 2.78. The van der Waals surface area contributed by atoms with Crippen LogP contribution in [0.5, 0.6) is 5.75 Å². The number of benzene rings is 1. The highest BCUT2D eigenvalue weighted by atomic mass is 19.1. The van der Waals surface area contributed by atoms with Crippen molar-refractivity contribution in [2.24, 2.45) is 11.8 Å². The zero-order valence-corrected chi connectivity index (χ0v) is 10.3. The molecule has 17 heavy (non-hydrogen) atoms. The Bertz CT molecular complexity index is 392. The summed E-state index contributed by atoms with van der Waals surface area (Å²) in [6.45, 7) is 2.04. The smallest absolute Gasteiger partial charge is 0.168 e. The minimum atomic E-state index is -0.261. The Kier molecular flexibility index (Phi) is 3.67. The molecule has 94 valence electrons. The van der Waals surface area contributed by atoms with Gasteiger partial charge in [-0.2, -0.15) is 0 Å². The normalized spacial score (nSPS) is 28.4. The number of hydrogen-bond acceptors (Lipinski definition) is 2. The van der Waals surface area contributed by atoms with Gasteiger partial charge >= 0.3 is 0 Å². The minimum Gasteiger partial charge on any atom is -0.494 e. The van der Waals surface area contributed by atoms with Gasteiger partial charge in [0.25, 0.3) is 0 Å². The molecule has 1 fully saturated rings. The Morgan fingerprint density at radius 1 is 1.41 bits per heavy atom. The number of aliphatic hydroxyl groups excluding tert-OH is 1. The van der Waals surface area contributed by atoms with Crippen molar-refractivity contribution in [1.29, 1.82) is 0 Å². The van der Waals surface area contributed by atoms with Crippen molar-refractivity contribution in [3.05, 3.63) is 29.6 Å². The molecule has 0 aliphatic heterocycles. The van der Waals surface area contributed by atoms with E-state index < -0.39 is 0 Å².